The lowest BCUT2D eigenvalue weighted by atomic mass is 10.1. The molecule has 0 amide bonds. The van der Waals surface area contributed by atoms with Gasteiger partial charge in [0.1, 0.15) is 17.2 Å². The minimum absolute atomic E-state index is 0.290. The van der Waals surface area contributed by atoms with Crippen LogP contribution in [0, 0.1) is 5.92 Å². The van der Waals surface area contributed by atoms with Gasteiger partial charge in [0, 0.05) is 5.57 Å². The van der Waals surface area contributed by atoms with E-state index in [1.165, 1.54) is 38.5 Å². The Morgan fingerprint density at radius 3 is 1.73 bits per heavy atom. The fourth-order valence-electron chi connectivity index (χ4n) is 3.91. The van der Waals surface area contributed by atoms with Crippen molar-refractivity contribution in [2.45, 2.75) is 91.4 Å². The molecule has 0 N–H and O–H groups in total. The molecule has 2 rings (SSSR count). The van der Waals surface area contributed by atoms with Gasteiger partial charge in [0.05, 0.1) is 25.4 Å². The molecule has 0 aromatic heterocycles. The third kappa shape index (κ3) is 14.2. The van der Waals surface area contributed by atoms with Crippen molar-refractivity contribution in [1.29, 1.82) is 0 Å². The van der Waals surface area contributed by atoms with Gasteiger partial charge < -0.3 is 18.9 Å². The van der Waals surface area contributed by atoms with E-state index < -0.39 is 5.97 Å². The first-order valence-electron chi connectivity index (χ1n) is 14.9. The highest BCUT2D eigenvalue weighted by Gasteiger charge is 2.09. The van der Waals surface area contributed by atoms with E-state index in [1.807, 2.05) is 24.3 Å². The van der Waals surface area contributed by atoms with Gasteiger partial charge in [0.15, 0.2) is 0 Å². The summed E-state index contributed by atoms with van der Waals surface area (Å²) in [4.78, 5) is 23.8. The summed E-state index contributed by atoms with van der Waals surface area (Å²) < 4.78 is 22.2. The number of rotatable bonds is 21. The highest BCUT2D eigenvalue weighted by atomic mass is 16.5. The van der Waals surface area contributed by atoms with Crippen molar-refractivity contribution in [2.24, 2.45) is 5.92 Å². The summed E-state index contributed by atoms with van der Waals surface area (Å²) in [6, 6.07) is 14.2. The molecule has 1 unspecified atom stereocenters. The number of unbranched alkanes of at least 4 members (excludes halogenated alkanes) is 9. The Labute approximate surface area is 241 Å². The third-order valence-corrected chi connectivity index (χ3v) is 6.74. The molecule has 0 saturated heterocycles. The topological polar surface area (TPSA) is 71.1 Å². The van der Waals surface area contributed by atoms with Gasteiger partial charge in [-0.25, -0.2) is 9.59 Å². The summed E-state index contributed by atoms with van der Waals surface area (Å²) in [7, 11) is 0. The van der Waals surface area contributed by atoms with Crippen LogP contribution in [0.4, 0.5) is 0 Å². The standard InChI is InChI=1S/C34H48O6/c1-5-28(4)26-39-31-20-22-32(23-21-31)40-34(36)29-16-18-30(19-17-29)37-24-14-12-10-8-6-7-9-11-13-15-25-38-33(35)27(2)3/h16-23,28H,2,5-15,24-26H2,1,3-4H3. The lowest BCUT2D eigenvalue weighted by Gasteiger charge is -2.11. The van der Waals surface area contributed by atoms with Gasteiger partial charge in [-0.05, 0) is 74.2 Å². The molecule has 220 valence electrons. The fraction of sp³-hybridized carbons (Fsp3) is 0.529. The minimum Gasteiger partial charge on any atom is -0.494 e. The average molecular weight is 553 g/mol. The molecule has 0 fully saturated rings. The molecule has 2 aromatic carbocycles. The van der Waals surface area contributed by atoms with E-state index in [0.29, 0.717) is 42.6 Å². The predicted octanol–water partition coefficient (Wildman–Crippen LogP) is 8.73. The van der Waals surface area contributed by atoms with Gasteiger partial charge in [-0.15, -0.1) is 0 Å². The molecule has 40 heavy (non-hydrogen) atoms. The van der Waals surface area contributed by atoms with Gasteiger partial charge in [0.25, 0.3) is 0 Å². The van der Waals surface area contributed by atoms with Crippen LogP contribution in [0.25, 0.3) is 0 Å². The summed E-state index contributed by atoms with van der Waals surface area (Å²) in [5.74, 6) is 1.83. The molecule has 6 heteroatoms. The molecule has 0 radical (unpaired) electrons. The Morgan fingerprint density at radius 1 is 0.700 bits per heavy atom. The van der Waals surface area contributed by atoms with Crippen molar-refractivity contribution < 1.29 is 28.5 Å². The van der Waals surface area contributed by atoms with Crippen molar-refractivity contribution in [3.05, 3.63) is 66.2 Å². The maximum Gasteiger partial charge on any atom is 0.343 e. The number of carbonyl (C=O) groups is 2. The van der Waals surface area contributed by atoms with Crippen molar-refractivity contribution in [2.75, 3.05) is 19.8 Å². The third-order valence-electron chi connectivity index (χ3n) is 6.74. The number of benzene rings is 2. The molecule has 0 bridgehead atoms. The second kappa shape index (κ2) is 19.7. The van der Waals surface area contributed by atoms with Crippen molar-refractivity contribution >= 4 is 11.9 Å². The van der Waals surface area contributed by atoms with Gasteiger partial charge in [-0.1, -0.05) is 78.2 Å². The zero-order valence-corrected chi connectivity index (χ0v) is 24.8. The first-order valence-corrected chi connectivity index (χ1v) is 14.9. The highest BCUT2D eigenvalue weighted by Crippen LogP contribution is 2.21. The lowest BCUT2D eigenvalue weighted by Crippen LogP contribution is -2.09. The zero-order chi connectivity index (χ0) is 29.0. The quantitative estimate of drug-likeness (QED) is 0.0667. The normalized spacial score (nSPS) is 11.5. The first-order chi connectivity index (χ1) is 19.4. The number of hydrogen-bond acceptors (Lipinski definition) is 6. The summed E-state index contributed by atoms with van der Waals surface area (Å²) >= 11 is 0. The summed E-state index contributed by atoms with van der Waals surface area (Å²) in [6.07, 6.45) is 12.7. The van der Waals surface area contributed by atoms with Crippen LogP contribution >= 0.6 is 0 Å². The smallest absolute Gasteiger partial charge is 0.343 e. The van der Waals surface area contributed by atoms with Gasteiger partial charge in [-0.3, -0.25) is 0 Å². The number of ether oxygens (including phenoxy) is 4. The van der Waals surface area contributed by atoms with Crippen LogP contribution in [0.3, 0.4) is 0 Å². The van der Waals surface area contributed by atoms with Gasteiger partial charge in [0.2, 0.25) is 0 Å². The van der Waals surface area contributed by atoms with Crippen molar-refractivity contribution in [3.8, 4) is 17.2 Å². The molecule has 6 nitrogen and oxygen atoms in total. The Morgan fingerprint density at radius 2 is 1.18 bits per heavy atom. The van der Waals surface area contributed by atoms with Crippen LogP contribution in [0.15, 0.2) is 60.7 Å². The SMILES string of the molecule is C=C(C)C(=O)OCCCCCCCCCCCCOc1ccc(C(=O)Oc2ccc(OCC(C)CC)cc2)cc1. The Hall–Kier alpha value is -3.28. The molecule has 2 aromatic rings. The molecule has 0 spiro atoms. The maximum absolute atomic E-state index is 12.5. The van der Waals surface area contributed by atoms with E-state index in [-0.39, 0.29) is 5.97 Å². The summed E-state index contributed by atoms with van der Waals surface area (Å²) in [5, 5.41) is 0. The van der Waals surface area contributed by atoms with E-state index in [2.05, 4.69) is 20.4 Å². The monoisotopic (exact) mass is 552 g/mol. The van der Waals surface area contributed by atoms with E-state index in [9.17, 15) is 9.59 Å². The average Bonchev–Trinajstić information content (AvgIpc) is 2.96. The number of carbonyl (C=O) groups excluding carboxylic acids is 2. The Kier molecular flexibility index (Phi) is 16.2. The van der Waals surface area contributed by atoms with E-state index in [0.717, 1.165) is 43.6 Å². The highest BCUT2D eigenvalue weighted by molar-refractivity contribution is 5.91. The van der Waals surface area contributed by atoms with Gasteiger partial charge >= 0.3 is 11.9 Å². The molecular weight excluding hydrogens is 504 g/mol. The Bertz CT molecular complexity index is 996. The van der Waals surface area contributed by atoms with E-state index >= 15 is 0 Å². The minimum atomic E-state index is -0.399. The van der Waals surface area contributed by atoms with Crippen LogP contribution in [-0.2, 0) is 9.53 Å². The van der Waals surface area contributed by atoms with Crippen LogP contribution in [0.2, 0.25) is 0 Å². The molecule has 0 aliphatic heterocycles. The summed E-state index contributed by atoms with van der Waals surface area (Å²) in [5.41, 5.74) is 0.942. The van der Waals surface area contributed by atoms with Crippen molar-refractivity contribution in [3.63, 3.8) is 0 Å². The maximum atomic E-state index is 12.5. The summed E-state index contributed by atoms with van der Waals surface area (Å²) in [6.45, 7) is 11.4. The van der Waals surface area contributed by atoms with E-state index in [4.69, 9.17) is 18.9 Å². The molecular formula is C34H48O6. The van der Waals surface area contributed by atoms with Gasteiger partial charge in [-0.2, -0.15) is 0 Å². The zero-order valence-electron chi connectivity index (χ0n) is 24.8. The number of esters is 2. The number of hydrogen-bond donors (Lipinski definition) is 0. The lowest BCUT2D eigenvalue weighted by molar-refractivity contribution is -0.139. The molecule has 0 aliphatic rings. The van der Waals surface area contributed by atoms with Crippen LogP contribution < -0.4 is 14.2 Å². The van der Waals surface area contributed by atoms with Crippen LogP contribution in [0.5, 0.6) is 17.2 Å². The second-order valence-electron chi connectivity index (χ2n) is 10.5. The van der Waals surface area contributed by atoms with E-state index in [1.54, 1.807) is 31.2 Å². The van der Waals surface area contributed by atoms with Crippen LogP contribution in [-0.4, -0.2) is 31.8 Å². The fourth-order valence-corrected chi connectivity index (χ4v) is 3.91. The first kappa shape index (κ1) is 32.9. The predicted molar refractivity (Wildman–Crippen MR) is 160 cm³/mol. The largest absolute Gasteiger partial charge is 0.494 e. The van der Waals surface area contributed by atoms with Crippen LogP contribution in [0.1, 0.15) is 102 Å². The molecule has 0 saturated carbocycles. The molecule has 1 atom stereocenters. The molecule has 0 aliphatic carbocycles. The van der Waals surface area contributed by atoms with Crippen molar-refractivity contribution in [1.82, 2.24) is 0 Å². The molecule has 0 heterocycles. The Balaban J connectivity index is 1.49. The second-order valence-corrected chi connectivity index (χ2v) is 10.5.